The first-order valence-electron chi connectivity index (χ1n) is 4.79. The van der Waals surface area contributed by atoms with Crippen molar-refractivity contribution >= 4 is 5.97 Å². The summed E-state index contributed by atoms with van der Waals surface area (Å²) in [7, 11) is 0. The molecule has 70 valence electrons. The van der Waals surface area contributed by atoms with E-state index in [1.807, 2.05) is 6.92 Å². The average Bonchev–Trinajstić information content (AvgIpc) is 2.11. The van der Waals surface area contributed by atoms with Crippen LogP contribution in [0.1, 0.15) is 40.0 Å². The highest BCUT2D eigenvalue weighted by Crippen LogP contribution is 2.26. The third-order valence-corrected chi connectivity index (χ3v) is 2.65. The Bertz CT molecular complexity index is 163. The summed E-state index contributed by atoms with van der Waals surface area (Å²) in [5, 5.41) is 0. The van der Waals surface area contributed by atoms with Gasteiger partial charge in [0.05, 0.1) is 6.10 Å². The molecule has 2 atom stereocenters. The summed E-state index contributed by atoms with van der Waals surface area (Å²) in [4.78, 5) is 11.2. The lowest BCUT2D eigenvalue weighted by Crippen LogP contribution is -2.13. The van der Waals surface area contributed by atoms with Gasteiger partial charge in [-0.15, -0.1) is 0 Å². The monoisotopic (exact) mass is 170 g/mol. The van der Waals surface area contributed by atoms with E-state index in [0.29, 0.717) is 18.3 Å². The van der Waals surface area contributed by atoms with Crippen molar-refractivity contribution in [3.8, 4) is 0 Å². The predicted molar refractivity (Wildman–Crippen MR) is 47.7 cm³/mol. The van der Waals surface area contributed by atoms with E-state index in [1.54, 1.807) is 0 Å². The van der Waals surface area contributed by atoms with Gasteiger partial charge < -0.3 is 4.74 Å². The number of hydrogen-bond donors (Lipinski definition) is 0. The maximum atomic E-state index is 11.2. The fraction of sp³-hybridized carbons (Fsp3) is 0.900. The molecule has 0 aromatic rings. The van der Waals surface area contributed by atoms with Crippen LogP contribution in [0.25, 0.3) is 0 Å². The summed E-state index contributed by atoms with van der Waals surface area (Å²) in [5.41, 5.74) is 0. The fourth-order valence-electron chi connectivity index (χ4n) is 1.67. The van der Waals surface area contributed by atoms with E-state index >= 15 is 0 Å². The molecule has 1 saturated heterocycles. The molecule has 1 fully saturated rings. The first-order chi connectivity index (χ1) is 5.59. The zero-order valence-corrected chi connectivity index (χ0v) is 8.17. The van der Waals surface area contributed by atoms with Crippen molar-refractivity contribution in [2.45, 2.75) is 46.1 Å². The molecule has 0 aromatic carbocycles. The van der Waals surface area contributed by atoms with Gasteiger partial charge in [-0.05, 0) is 31.6 Å². The van der Waals surface area contributed by atoms with Crippen LogP contribution in [-0.2, 0) is 9.53 Å². The number of carbonyl (C=O) groups excluding carboxylic acids is 1. The number of hydrogen-bond acceptors (Lipinski definition) is 2. The highest BCUT2D eigenvalue weighted by Gasteiger charge is 2.24. The van der Waals surface area contributed by atoms with Gasteiger partial charge in [0, 0.05) is 6.42 Å². The Hall–Kier alpha value is -0.530. The average molecular weight is 170 g/mol. The fourth-order valence-corrected chi connectivity index (χ4v) is 1.67. The van der Waals surface area contributed by atoms with E-state index in [4.69, 9.17) is 4.74 Å². The molecule has 0 aromatic heterocycles. The molecule has 1 aliphatic heterocycles. The van der Waals surface area contributed by atoms with Gasteiger partial charge >= 0.3 is 5.97 Å². The van der Waals surface area contributed by atoms with E-state index in [-0.39, 0.29) is 12.1 Å². The Kier molecular flexibility index (Phi) is 3.12. The molecule has 1 rings (SSSR count). The van der Waals surface area contributed by atoms with E-state index < -0.39 is 0 Å². The molecule has 0 bridgehead atoms. The van der Waals surface area contributed by atoms with Gasteiger partial charge in [0.2, 0.25) is 0 Å². The summed E-state index contributed by atoms with van der Waals surface area (Å²) < 4.78 is 5.15. The summed E-state index contributed by atoms with van der Waals surface area (Å²) >= 11 is 0. The Morgan fingerprint density at radius 3 is 2.67 bits per heavy atom. The van der Waals surface area contributed by atoms with Crippen LogP contribution in [-0.4, -0.2) is 12.1 Å². The minimum atomic E-state index is -0.0151. The zero-order chi connectivity index (χ0) is 9.14. The number of carbonyl (C=O) groups is 1. The lowest BCUT2D eigenvalue weighted by atomic mass is 9.88. The number of rotatable bonds is 1. The molecule has 1 heterocycles. The maximum Gasteiger partial charge on any atom is 0.306 e. The van der Waals surface area contributed by atoms with Gasteiger partial charge in [-0.1, -0.05) is 13.8 Å². The second-order valence-electron chi connectivity index (χ2n) is 4.09. The lowest BCUT2D eigenvalue weighted by Gasteiger charge is -2.15. The van der Waals surface area contributed by atoms with Gasteiger partial charge in [-0.25, -0.2) is 0 Å². The number of ether oxygens (including phenoxy) is 1. The van der Waals surface area contributed by atoms with Crippen molar-refractivity contribution < 1.29 is 9.53 Å². The quantitative estimate of drug-likeness (QED) is 0.565. The van der Waals surface area contributed by atoms with Gasteiger partial charge in [0.25, 0.3) is 0 Å². The van der Waals surface area contributed by atoms with Gasteiger partial charge in [0.1, 0.15) is 0 Å². The van der Waals surface area contributed by atoms with Gasteiger partial charge in [-0.2, -0.15) is 0 Å². The predicted octanol–water partition coefficient (Wildman–Crippen LogP) is 2.37. The standard InChI is InChI=1S/C10H18O2/c1-7(2)9-5-4-8(3)12-10(11)6-9/h7-9H,4-6H2,1-3H3/t8-,9-/m0/s1. The summed E-state index contributed by atoms with van der Waals surface area (Å²) in [5.74, 6) is 1.11. The van der Waals surface area contributed by atoms with E-state index in [1.165, 1.54) is 0 Å². The third kappa shape index (κ3) is 2.50. The van der Waals surface area contributed by atoms with Crippen molar-refractivity contribution in [3.05, 3.63) is 0 Å². The van der Waals surface area contributed by atoms with Crippen molar-refractivity contribution in [1.29, 1.82) is 0 Å². The summed E-state index contributed by atoms with van der Waals surface area (Å²) in [6, 6.07) is 0. The Balaban J connectivity index is 2.52. The number of cyclic esters (lactones) is 1. The summed E-state index contributed by atoms with van der Waals surface area (Å²) in [6.07, 6.45) is 2.89. The maximum absolute atomic E-state index is 11.2. The molecular weight excluding hydrogens is 152 g/mol. The molecule has 0 unspecified atom stereocenters. The van der Waals surface area contributed by atoms with Crippen LogP contribution >= 0.6 is 0 Å². The first-order valence-corrected chi connectivity index (χ1v) is 4.79. The Morgan fingerprint density at radius 1 is 1.42 bits per heavy atom. The molecule has 0 aliphatic carbocycles. The largest absolute Gasteiger partial charge is 0.463 e. The van der Waals surface area contributed by atoms with Crippen molar-refractivity contribution in [1.82, 2.24) is 0 Å². The molecule has 2 nitrogen and oxygen atoms in total. The molecule has 2 heteroatoms. The molecule has 0 N–H and O–H groups in total. The van der Waals surface area contributed by atoms with Crippen LogP contribution in [0.15, 0.2) is 0 Å². The minimum absolute atomic E-state index is 0.0151. The normalized spacial score (nSPS) is 31.5. The Labute approximate surface area is 74.3 Å². The van der Waals surface area contributed by atoms with Crippen molar-refractivity contribution in [2.24, 2.45) is 11.8 Å². The van der Waals surface area contributed by atoms with Crippen molar-refractivity contribution in [2.75, 3.05) is 0 Å². The SMILES string of the molecule is CC(C)[C@H]1CC[C@H](C)OC(=O)C1. The molecule has 0 saturated carbocycles. The van der Waals surface area contributed by atoms with Crippen LogP contribution in [0.5, 0.6) is 0 Å². The van der Waals surface area contributed by atoms with Crippen LogP contribution in [0.2, 0.25) is 0 Å². The van der Waals surface area contributed by atoms with Gasteiger partial charge in [-0.3, -0.25) is 4.79 Å². The smallest absolute Gasteiger partial charge is 0.306 e. The molecule has 1 aliphatic rings. The zero-order valence-electron chi connectivity index (χ0n) is 8.17. The highest BCUT2D eigenvalue weighted by atomic mass is 16.5. The molecule has 12 heavy (non-hydrogen) atoms. The molecule has 0 amide bonds. The van der Waals surface area contributed by atoms with Crippen molar-refractivity contribution in [3.63, 3.8) is 0 Å². The van der Waals surface area contributed by atoms with E-state index in [9.17, 15) is 4.79 Å². The minimum Gasteiger partial charge on any atom is -0.463 e. The van der Waals surface area contributed by atoms with E-state index in [2.05, 4.69) is 13.8 Å². The first kappa shape index (κ1) is 9.56. The van der Waals surface area contributed by atoms with Crippen LogP contribution in [0, 0.1) is 11.8 Å². The summed E-state index contributed by atoms with van der Waals surface area (Å²) in [6.45, 7) is 6.32. The van der Waals surface area contributed by atoms with E-state index in [0.717, 1.165) is 12.8 Å². The third-order valence-electron chi connectivity index (χ3n) is 2.65. The molecule has 0 radical (unpaired) electrons. The second-order valence-corrected chi connectivity index (χ2v) is 4.09. The molecule has 0 spiro atoms. The topological polar surface area (TPSA) is 26.3 Å². The second kappa shape index (κ2) is 3.92. The van der Waals surface area contributed by atoms with Gasteiger partial charge in [0.15, 0.2) is 0 Å². The van der Waals surface area contributed by atoms with Crippen LogP contribution in [0.4, 0.5) is 0 Å². The Morgan fingerprint density at radius 2 is 2.08 bits per heavy atom. The lowest BCUT2D eigenvalue weighted by molar-refractivity contribution is -0.147. The number of esters is 1. The van der Waals surface area contributed by atoms with Crippen LogP contribution < -0.4 is 0 Å². The molecular formula is C10H18O2. The van der Waals surface area contributed by atoms with Crippen LogP contribution in [0.3, 0.4) is 0 Å². The highest BCUT2D eigenvalue weighted by molar-refractivity contribution is 5.70.